The zero-order valence-corrected chi connectivity index (χ0v) is 12.7. The van der Waals surface area contributed by atoms with Crippen molar-refractivity contribution in [1.82, 2.24) is 4.90 Å². The Hall–Kier alpha value is -2.01. The first kappa shape index (κ1) is 13.9. The Kier molecular flexibility index (Phi) is 4.10. The number of likely N-dealkylation sites (N-methyl/N-ethyl adjacent to an activating group) is 1. The molecule has 21 heavy (non-hydrogen) atoms. The topological polar surface area (TPSA) is 38.8 Å². The Balaban J connectivity index is 1.67. The number of fused-ring (bicyclic) bond motifs is 1. The summed E-state index contributed by atoms with van der Waals surface area (Å²) in [6.07, 6.45) is 0.468. The van der Waals surface area contributed by atoms with Gasteiger partial charge in [0, 0.05) is 18.0 Å². The van der Waals surface area contributed by atoms with E-state index in [1.54, 1.807) is 11.3 Å². The maximum absolute atomic E-state index is 12.4. The van der Waals surface area contributed by atoms with Crippen LogP contribution < -0.4 is 9.47 Å². The van der Waals surface area contributed by atoms with Crippen molar-refractivity contribution >= 4 is 17.2 Å². The number of benzene rings is 1. The van der Waals surface area contributed by atoms with Crippen molar-refractivity contribution in [1.29, 1.82) is 0 Å². The Labute approximate surface area is 127 Å². The minimum absolute atomic E-state index is 0.151. The van der Waals surface area contributed by atoms with Gasteiger partial charge in [0.1, 0.15) is 0 Å². The molecular formula is C16H17NO3S. The molecule has 0 saturated heterocycles. The van der Waals surface area contributed by atoms with Gasteiger partial charge in [0.2, 0.25) is 12.7 Å². The van der Waals surface area contributed by atoms with Crippen LogP contribution in [-0.4, -0.2) is 24.1 Å². The third-order valence-electron chi connectivity index (χ3n) is 3.45. The lowest BCUT2D eigenvalue weighted by molar-refractivity contribution is -0.130. The summed E-state index contributed by atoms with van der Waals surface area (Å²) in [4.78, 5) is 15.3. The van der Waals surface area contributed by atoms with Crippen LogP contribution in [-0.2, 0) is 17.8 Å². The predicted molar refractivity (Wildman–Crippen MR) is 81.7 cm³/mol. The molecule has 5 heteroatoms. The van der Waals surface area contributed by atoms with Crippen LogP contribution in [0.5, 0.6) is 11.5 Å². The highest BCUT2D eigenvalue weighted by Crippen LogP contribution is 2.32. The van der Waals surface area contributed by atoms with Crippen LogP contribution in [0.2, 0.25) is 0 Å². The predicted octanol–water partition coefficient (Wildman–Crippen LogP) is 3.07. The van der Waals surface area contributed by atoms with E-state index in [1.165, 1.54) is 0 Å². The van der Waals surface area contributed by atoms with Gasteiger partial charge in [-0.3, -0.25) is 4.79 Å². The first-order valence-electron chi connectivity index (χ1n) is 6.95. The maximum Gasteiger partial charge on any atom is 0.231 e. The first-order valence-corrected chi connectivity index (χ1v) is 7.83. The quantitative estimate of drug-likeness (QED) is 0.852. The molecule has 0 atom stereocenters. The fourth-order valence-electron chi connectivity index (χ4n) is 2.31. The lowest BCUT2D eigenvalue weighted by Crippen LogP contribution is -2.31. The van der Waals surface area contributed by atoms with Gasteiger partial charge in [-0.05, 0) is 36.1 Å². The zero-order chi connectivity index (χ0) is 14.7. The molecule has 3 rings (SSSR count). The fourth-order valence-corrected chi connectivity index (χ4v) is 3.01. The average molecular weight is 303 g/mol. The lowest BCUT2D eigenvalue weighted by Gasteiger charge is -2.21. The second-order valence-electron chi connectivity index (χ2n) is 4.85. The normalized spacial score (nSPS) is 12.4. The van der Waals surface area contributed by atoms with E-state index in [0.717, 1.165) is 21.9 Å². The fraction of sp³-hybridized carbons (Fsp3) is 0.312. The summed E-state index contributed by atoms with van der Waals surface area (Å²) in [6.45, 7) is 3.56. The Morgan fingerprint density at radius 1 is 1.29 bits per heavy atom. The number of ether oxygens (including phenoxy) is 2. The molecular weight excluding hydrogens is 286 g/mol. The lowest BCUT2D eigenvalue weighted by atomic mass is 10.2. The van der Waals surface area contributed by atoms with Crippen molar-refractivity contribution in [2.24, 2.45) is 0 Å². The van der Waals surface area contributed by atoms with E-state index in [-0.39, 0.29) is 12.7 Å². The minimum Gasteiger partial charge on any atom is -0.454 e. The van der Waals surface area contributed by atoms with E-state index in [1.807, 2.05) is 47.5 Å². The smallest absolute Gasteiger partial charge is 0.231 e. The van der Waals surface area contributed by atoms with Crippen molar-refractivity contribution in [2.45, 2.75) is 19.9 Å². The van der Waals surface area contributed by atoms with Crippen LogP contribution in [0.4, 0.5) is 0 Å². The number of carbonyl (C=O) groups is 1. The summed E-state index contributed by atoms with van der Waals surface area (Å²) in [7, 11) is 0. The number of amides is 1. The number of rotatable bonds is 5. The standard InChI is InChI=1S/C16H17NO3S/c1-2-17(16(18)9-13-4-3-7-21-13)10-12-5-6-14-15(8-12)20-11-19-14/h3-8H,2,9-11H2,1H3. The van der Waals surface area contributed by atoms with E-state index in [9.17, 15) is 4.79 Å². The molecule has 0 N–H and O–H groups in total. The van der Waals surface area contributed by atoms with Crippen LogP contribution in [0, 0.1) is 0 Å². The highest BCUT2D eigenvalue weighted by Gasteiger charge is 2.17. The molecule has 1 amide bonds. The minimum atomic E-state index is 0.151. The monoisotopic (exact) mass is 303 g/mol. The Bertz CT molecular complexity index is 624. The highest BCUT2D eigenvalue weighted by molar-refractivity contribution is 7.10. The van der Waals surface area contributed by atoms with Crippen LogP contribution in [0.15, 0.2) is 35.7 Å². The van der Waals surface area contributed by atoms with Gasteiger partial charge in [-0.15, -0.1) is 11.3 Å². The summed E-state index contributed by atoms with van der Waals surface area (Å²) in [5.41, 5.74) is 1.06. The summed E-state index contributed by atoms with van der Waals surface area (Å²) >= 11 is 1.62. The van der Waals surface area contributed by atoms with Crippen LogP contribution >= 0.6 is 11.3 Å². The van der Waals surface area contributed by atoms with Crippen molar-refractivity contribution in [3.63, 3.8) is 0 Å². The van der Waals surface area contributed by atoms with Gasteiger partial charge in [-0.1, -0.05) is 12.1 Å². The van der Waals surface area contributed by atoms with E-state index >= 15 is 0 Å². The summed E-state index contributed by atoms with van der Waals surface area (Å²) in [6, 6.07) is 9.80. The molecule has 4 nitrogen and oxygen atoms in total. The van der Waals surface area contributed by atoms with E-state index in [2.05, 4.69) is 0 Å². The Morgan fingerprint density at radius 2 is 2.14 bits per heavy atom. The molecule has 0 fully saturated rings. The van der Waals surface area contributed by atoms with Gasteiger partial charge < -0.3 is 14.4 Å². The molecule has 2 heterocycles. The molecule has 0 spiro atoms. The molecule has 0 bridgehead atoms. The van der Waals surface area contributed by atoms with E-state index in [4.69, 9.17) is 9.47 Å². The second kappa shape index (κ2) is 6.18. The van der Waals surface area contributed by atoms with Crippen molar-refractivity contribution in [3.8, 4) is 11.5 Å². The van der Waals surface area contributed by atoms with Gasteiger partial charge in [0.25, 0.3) is 0 Å². The van der Waals surface area contributed by atoms with Gasteiger partial charge >= 0.3 is 0 Å². The Morgan fingerprint density at radius 3 is 2.90 bits per heavy atom. The molecule has 110 valence electrons. The van der Waals surface area contributed by atoms with E-state index < -0.39 is 0 Å². The van der Waals surface area contributed by atoms with Crippen LogP contribution in [0.3, 0.4) is 0 Å². The average Bonchev–Trinajstić information content (AvgIpc) is 3.14. The number of hydrogen-bond acceptors (Lipinski definition) is 4. The zero-order valence-electron chi connectivity index (χ0n) is 11.9. The van der Waals surface area contributed by atoms with Crippen LogP contribution in [0.1, 0.15) is 17.4 Å². The largest absolute Gasteiger partial charge is 0.454 e. The SMILES string of the molecule is CCN(Cc1ccc2c(c1)OCO2)C(=O)Cc1cccs1. The molecule has 1 aromatic heterocycles. The molecule has 0 saturated carbocycles. The summed E-state index contributed by atoms with van der Waals surface area (Å²) in [5, 5.41) is 2.00. The maximum atomic E-state index is 12.4. The van der Waals surface area contributed by atoms with E-state index in [0.29, 0.717) is 19.5 Å². The summed E-state index contributed by atoms with van der Waals surface area (Å²) < 4.78 is 10.7. The van der Waals surface area contributed by atoms with Crippen molar-refractivity contribution in [2.75, 3.05) is 13.3 Å². The number of thiophene rings is 1. The molecule has 1 aliphatic heterocycles. The third-order valence-corrected chi connectivity index (χ3v) is 4.33. The van der Waals surface area contributed by atoms with Gasteiger partial charge in [-0.2, -0.15) is 0 Å². The number of carbonyl (C=O) groups excluding carboxylic acids is 1. The second-order valence-corrected chi connectivity index (χ2v) is 5.88. The molecule has 0 unspecified atom stereocenters. The molecule has 1 aromatic carbocycles. The third kappa shape index (κ3) is 3.19. The van der Waals surface area contributed by atoms with Crippen molar-refractivity contribution in [3.05, 3.63) is 46.2 Å². The molecule has 0 radical (unpaired) electrons. The molecule has 2 aromatic rings. The number of nitrogens with zero attached hydrogens (tertiary/aromatic N) is 1. The number of hydrogen-bond donors (Lipinski definition) is 0. The highest BCUT2D eigenvalue weighted by atomic mass is 32.1. The van der Waals surface area contributed by atoms with Crippen molar-refractivity contribution < 1.29 is 14.3 Å². The van der Waals surface area contributed by atoms with Gasteiger partial charge in [0.05, 0.1) is 6.42 Å². The first-order chi connectivity index (χ1) is 10.3. The van der Waals surface area contributed by atoms with Crippen LogP contribution in [0.25, 0.3) is 0 Å². The molecule has 1 aliphatic rings. The molecule has 0 aliphatic carbocycles. The van der Waals surface area contributed by atoms with Gasteiger partial charge in [0.15, 0.2) is 11.5 Å². The summed E-state index contributed by atoms with van der Waals surface area (Å²) in [5.74, 6) is 1.68. The van der Waals surface area contributed by atoms with Gasteiger partial charge in [-0.25, -0.2) is 0 Å².